The molecule has 0 atom stereocenters. The van der Waals surface area contributed by atoms with Gasteiger partial charge in [0.1, 0.15) is 22.7 Å². The van der Waals surface area contributed by atoms with Crippen LogP contribution in [0.15, 0.2) is 54.6 Å². The number of nitriles is 1. The van der Waals surface area contributed by atoms with Crippen LogP contribution in [-0.4, -0.2) is 4.98 Å². The van der Waals surface area contributed by atoms with Crippen LogP contribution in [0.2, 0.25) is 0 Å². The summed E-state index contributed by atoms with van der Waals surface area (Å²) in [6, 6.07) is 20.8. The third kappa shape index (κ3) is 2.92. The summed E-state index contributed by atoms with van der Waals surface area (Å²) in [5.41, 5.74) is 6.96. The average Bonchev–Trinajstić information content (AvgIpc) is 3.08. The highest BCUT2D eigenvalue weighted by atomic mass is 15.1. The van der Waals surface area contributed by atoms with Gasteiger partial charge in [-0.05, 0) is 49.6 Å². The van der Waals surface area contributed by atoms with Gasteiger partial charge in [-0.1, -0.05) is 43.7 Å². The minimum atomic E-state index is 0.718. The number of nitrogens with one attached hydrogen (secondary N) is 2. The number of rotatable bonds is 5. The molecule has 0 bridgehead atoms. The number of H-pyrrole nitrogens is 1. The van der Waals surface area contributed by atoms with Gasteiger partial charge in [-0.2, -0.15) is 9.66 Å². The van der Waals surface area contributed by atoms with Crippen LogP contribution in [0.5, 0.6) is 0 Å². The molecule has 0 aliphatic rings. The van der Waals surface area contributed by atoms with E-state index in [4.69, 9.17) is 0 Å². The Balaban J connectivity index is 2.08. The van der Waals surface area contributed by atoms with Crippen molar-refractivity contribution in [2.75, 3.05) is 5.32 Å². The maximum absolute atomic E-state index is 9.87. The van der Waals surface area contributed by atoms with E-state index in [9.17, 15) is 5.26 Å². The first kappa shape index (κ1) is 17.1. The van der Waals surface area contributed by atoms with E-state index in [0.29, 0.717) is 0 Å². The first-order valence-electron chi connectivity index (χ1n) is 9.44. The highest BCUT2D eigenvalue weighted by Gasteiger charge is 2.25. The number of imidazole rings is 1. The molecular weight excluding hydrogens is 332 g/mol. The Morgan fingerprint density at radius 1 is 1.07 bits per heavy atom. The number of fused-ring (bicyclic) bond motifs is 3. The van der Waals surface area contributed by atoms with Gasteiger partial charge in [-0.3, -0.25) is 10.3 Å². The van der Waals surface area contributed by atoms with Crippen molar-refractivity contribution in [1.82, 2.24) is 4.98 Å². The average molecular weight is 355 g/mol. The van der Waals surface area contributed by atoms with Crippen LogP contribution in [0.4, 0.5) is 11.5 Å². The highest BCUT2D eigenvalue weighted by Crippen LogP contribution is 2.28. The number of hydrogen-bond acceptors (Lipinski definition) is 2. The smallest absolute Gasteiger partial charge is 0.250 e. The molecule has 2 N–H and O–H groups in total. The SMILES string of the molecule is CCCCc1c(C)c(C#N)c2[nH]c3ccccc3[n+]2c1Nc1ccccc1. The van der Waals surface area contributed by atoms with Crippen molar-refractivity contribution in [2.24, 2.45) is 0 Å². The predicted octanol–water partition coefficient (Wildman–Crippen LogP) is 5.17. The van der Waals surface area contributed by atoms with E-state index >= 15 is 0 Å². The van der Waals surface area contributed by atoms with E-state index in [1.54, 1.807) is 0 Å². The van der Waals surface area contributed by atoms with E-state index in [1.165, 1.54) is 5.56 Å². The van der Waals surface area contributed by atoms with Gasteiger partial charge in [-0.15, -0.1) is 0 Å². The number of pyridine rings is 1. The van der Waals surface area contributed by atoms with Gasteiger partial charge in [0.25, 0.3) is 0 Å². The third-order valence-electron chi connectivity index (χ3n) is 5.12. The van der Waals surface area contributed by atoms with Crippen LogP contribution in [0.25, 0.3) is 16.7 Å². The Morgan fingerprint density at radius 3 is 2.56 bits per heavy atom. The molecule has 0 radical (unpaired) electrons. The molecule has 2 heterocycles. The Bertz CT molecular complexity index is 1150. The molecule has 2 aromatic heterocycles. The second-order valence-electron chi connectivity index (χ2n) is 6.86. The maximum Gasteiger partial charge on any atom is 0.250 e. The number of nitrogens with zero attached hydrogens (tertiary/aromatic N) is 2. The lowest BCUT2D eigenvalue weighted by molar-refractivity contribution is -0.465. The normalized spacial score (nSPS) is 11.0. The maximum atomic E-state index is 9.87. The van der Waals surface area contributed by atoms with Gasteiger partial charge in [0.15, 0.2) is 0 Å². The van der Waals surface area contributed by atoms with Gasteiger partial charge in [0, 0.05) is 5.56 Å². The van der Waals surface area contributed by atoms with Crippen LogP contribution >= 0.6 is 0 Å². The zero-order valence-corrected chi connectivity index (χ0v) is 15.7. The molecule has 134 valence electrons. The lowest BCUT2D eigenvalue weighted by Crippen LogP contribution is -2.28. The largest absolute Gasteiger partial charge is 0.273 e. The zero-order valence-electron chi connectivity index (χ0n) is 15.7. The van der Waals surface area contributed by atoms with Gasteiger partial charge in [0.05, 0.1) is 5.69 Å². The van der Waals surface area contributed by atoms with Crippen molar-refractivity contribution in [2.45, 2.75) is 33.1 Å². The molecule has 4 rings (SSSR count). The van der Waals surface area contributed by atoms with Gasteiger partial charge < -0.3 is 0 Å². The van der Waals surface area contributed by atoms with E-state index < -0.39 is 0 Å². The molecule has 0 amide bonds. The zero-order chi connectivity index (χ0) is 18.8. The topological polar surface area (TPSA) is 55.7 Å². The van der Waals surface area contributed by atoms with Gasteiger partial charge >= 0.3 is 0 Å². The summed E-state index contributed by atoms with van der Waals surface area (Å²) in [6.45, 7) is 4.26. The number of benzene rings is 2. The number of aromatic amines is 1. The third-order valence-corrected chi connectivity index (χ3v) is 5.12. The van der Waals surface area contributed by atoms with Gasteiger partial charge in [-0.25, -0.2) is 0 Å². The Morgan fingerprint density at radius 2 is 1.81 bits per heavy atom. The first-order valence-corrected chi connectivity index (χ1v) is 9.44. The molecule has 0 saturated heterocycles. The molecule has 0 fully saturated rings. The fourth-order valence-electron chi connectivity index (χ4n) is 3.71. The summed E-state index contributed by atoms with van der Waals surface area (Å²) < 4.78 is 2.17. The molecule has 4 nitrogen and oxygen atoms in total. The Labute approximate surface area is 159 Å². The van der Waals surface area contributed by atoms with E-state index in [2.05, 4.69) is 58.9 Å². The number of anilines is 2. The Kier molecular flexibility index (Phi) is 4.52. The molecule has 0 spiro atoms. The fourth-order valence-corrected chi connectivity index (χ4v) is 3.71. The van der Waals surface area contributed by atoms with Crippen molar-refractivity contribution in [3.8, 4) is 6.07 Å². The summed E-state index contributed by atoms with van der Waals surface area (Å²) >= 11 is 0. The Hall–Kier alpha value is -3.32. The molecule has 0 saturated carbocycles. The number of aromatic nitrogens is 2. The van der Waals surface area contributed by atoms with Crippen molar-refractivity contribution < 1.29 is 4.40 Å². The van der Waals surface area contributed by atoms with Crippen molar-refractivity contribution >= 4 is 28.2 Å². The summed E-state index contributed by atoms with van der Waals surface area (Å²) in [4.78, 5) is 3.45. The molecule has 0 aliphatic carbocycles. The van der Waals surface area contributed by atoms with Crippen LogP contribution < -0.4 is 9.72 Å². The monoisotopic (exact) mass is 355 g/mol. The van der Waals surface area contributed by atoms with Crippen molar-refractivity contribution in [1.29, 1.82) is 5.26 Å². The molecular formula is C23H23N4+. The molecule has 4 heteroatoms. The summed E-state index contributed by atoms with van der Waals surface area (Å²) in [7, 11) is 0. The van der Waals surface area contributed by atoms with E-state index in [1.807, 2.05) is 30.3 Å². The predicted molar refractivity (Wildman–Crippen MR) is 109 cm³/mol. The lowest BCUT2D eigenvalue weighted by Gasteiger charge is -2.13. The lowest BCUT2D eigenvalue weighted by atomic mass is 9.99. The number of unbranched alkanes of at least 4 members (excludes halogenated alkanes) is 1. The minimum Gasteiger partial charge on any atom is -0.273 e. The van der Waals surface area contributed by atoms with Crippen LogP contribution in [0.1, 0.15) is 36.5 Å². The van der Waals surface area contributed by atoms with Crippen molar-refractivity contribution in [3.63, 3.8) is 0 Å². The fraction of sp³-hybridized carbons (Fsp3) is 0.217. The van der Waals surface area contributed by atoms with E-state index in [-0.39, 0.29) is 0 Å². The summed E-state index contributed by atoms with van der Waals surface area (Å²) in [5, 5.41) is 13.5. The molecule has 4 aromatic rings. The molecule has 2 aromatic carbocycles. The summed E-state index contributed by atoms with van der Waals surface area (Å²) in [6.07, 6.45) is 3.14. The second-order valence-corrected chi connectivity index (χ2v) is 6.86. The number of para-hydroxylation sites is 3. The van der Waals surface area contributed by atoms with Crippen LogP contribution in [-0.2, 0) is 6.42 Å². The first-order chi connectivity index (χ1) is 13.2. The quantitative estimate of drug-likeness (QED) is 0.485. The molecule has 0 unspecified atom stereocenters. The molecule has 0 aliphatic heterocycles. The van der Waals surface area contributed by atoms with E-state index in [0.717, 1.165) is 58.6 Å². The van der Waals surface area contributed by atoms with Crippen LogP contribution in [0, 0.1) is 18.3 Å². The standard InChI is InChI=1S/C23H22N4/c1-3-4-12-18-16(2)19(15-24)23-26-20-13-8-9-14-21(20)27(23)22(18)25-17-10-6-5-7-11-17/h5-11,13-14H,3-4,12H2,1-2H3,(H,25,26)/p+1. The summed E-state index contributed by atoms with van der Waals surface area (Å²) in [5.74, 6) is 1.04. The second kappa shape index (κ2) is 7.13. The van der Waals surface area contributed by atoms with Crippen LogP contribution in [0.3, 0.4) is 0 Å². The minimum absolute atomic E-state index is 0.718. The van der Waals surface area contributed by atoms with Crippen molar-refractivity contribution in [3.05, 3.63) is 71.3 Å². The highest BCUT2D eigenvalue weighted by molar-refractivity contribution is 5.78. The van der Waals surface area contributed by atoms with Gasteiger partial charge in [0.2, 0.25) is 11.5 Å². The molecule has 27 heavy (non-hydrogen) atoms. The number of hydrogen-bond donors (Lipinski definition) is 2.